The maximum atomic E-state index is 12.3. The first-order valence-corrected chi connectivity index (χ1v) is 8.94. The highest BCUT2D eigenvalue weighted by Crippen LogP contribution is 2.33. The number of carbonyl (C=O) groups is 1. The van der Waals surface area contributed by atoms with E-state index in [2.05, 4.69) is 10.2 Å². The summed E-state index contributed by atoms with van der Waals surface area (Å²) in [5, 5.41) is 8.80. The summed E-state index contributed by atoms with van der Waals surface area (Å²) >= 11 is 7.19. The van der Waals surface area contributed by atoms with Gasteiger partial charge in [-0.25, -0.2) is 0 Å². The van der Waals surface area contributed by atoms with Gasteiger partial charge < -0.3 is 13.9 Å². The van der Waals surface area contributed by atoms with Gasteiger partial charge in [-0.15, -0.1) is 10.2 Å². The van der Waals surface area contributed by atoms with E-state index in [1.165, 1.54) is 11.8 Å². The maximum absolute atomic E-state index is 12.3. The topological polar surface area (TPSA) is 74.5 Å². The van der Waals surface area contributed by atoms with Crippen LogP contribution in [0.25, 0.3) is 11.5 Å². The van der Waals surface area contributed by atoms with Crippen LogP contribution < -0.4 is 9.47 Å². The minimum atomic E-state index is -0.0438. The highest BCUT2D eigenvalue weighted by Gasteiger charge is 2.16. The van der Waals surface area contributed by atoms with Crippen LogP contribution in [0.3, 0.4) is 0 Å². The van der Waals surface area contributed by atoms with E-state index in [9.17, 15) is 4.79 Å². The van der Waals surface area contributed by atoms with Gasteiger partial charge in [0.25, 0.3) is 11.1 Å². The zero-order chi connectivity index (χ0) is 18.5. The fourth-order valence-electron chi connectivity index (χ4n) is 2.21. The smallest absolute Gasteiger partial charge is 0.277 e. The summed E-state index contributed by atoms with van der Waals surface area (Å²) in [5.74, 6) is 1.69. The fourth-order valence-corrected chi connectivity index (χ4v) is 3.04. The number of hydrogen-bond acceptors (Lipinski definition) is 7. The minimum absolute atomic E-state index is 0.0438. The first-order chi connectivity index (χ1) is 12.6. The number of hydrogen-bond donors (Lipinski definition) is 0. The molecule has 0 unspecified atom stereocenters. The average molecular weight is 391 g/mol. The van der Waals surface area contributed by atoms with Crippen LogP contribution in [0.1, 0.15) is 10.4 Å². The third-order valence-electron chi connectivity index (χ3n) is 3.54. The molecule has 0 saturated carbocycles. The molecule has 0 aliphatic rings. The van der Waals surface area contributed by atoms with Crippen LogP contribution in [0.2, 0.25) is 5.02 Å². The van der Waals surface area contributed by atoms with Gasteiger partial charge in [-0.3, -0.25) is 4.79 Å². The molecule has 1 heterocycles. The van der Waals surface area contributed by atoms with E-state index in [-0.39, 0.29) is 17.4 Å². The first kappa shape index (κ1) is 18.3. The monoisotopic (exact) mass is 390 g/mol. The molecule has 0 saturated heterocycles. The van der Waals surface area contributed by atoms with Crippen molar-refractivity contribution in [3.63, 3.8) is 0 Å². The summed E-state index contributed by atoms with van der Waals surface area (Å²) in [6.45, 7) is 0. The Morgan fingerprint density at radius 1 is 1.12 bits per heavy atom. The Hall–Kier alpha value is -2.51. The predicted molar refractivity (Wildman–Crippen MR) is 99.3 cm³/mol. The van der Waals surface area contributed by atoms with Crippen LogP contribution in [0.4, 0.5) is 0 Å². The van der Waals surface area contributed by atoms with Crippen LogP contribution in [0.15, 0.2) is 52.1 Å². The molecule has 2 aromatic carbocycles. The zero-order valence-corrected chi connectivity index (χ0v) is 15.6. The van der Waals surface area contributed by atoms with Crippen molar-refractivity contribution in [1.82, 2.24) is 10.2 Å². The highest BCUT2D eigenvalue weighted by molar-refractivity contribution is 7.99. The Morgan fingerprint density at radius 2 is 1.88 bits per heavy atom. The number of Topliss-reactive ketones (excluding diaryl/α,β-unsaturated/α-hetero) is 1. The Labute approximate surface area is 159 Å². The number of halogens is 1. The second-order valence-electron chi connectivity index (χ2n) is 5.16. The van der Waals surface area contributed by atoms with Gasteiger partial charge in [0.05, 0.1) is 25.5 Å². The van der Waals surface area contributed by atoms with E-state index in [0.717, 1.165) is 0 Å². The van der Waals surface area contributed by atoms with Crippen molar-refractivity contribution in [2.24, 2.45) is 0 Å². The number of thioether (sulfide) groups is 1. The van der Waals surface area contributed by atoms with Gasteiger partial charge in [0.1, 0.15) is 11.5 Å². The lowest BCUT2D eigenvalue weighted by molar-refractivity contribution is 0.102. The van der Waals surface area contributed by atoms with Gasteiger partial charge in [-0.1, -0.05) is 23.4 Å². The Bertz CT molecular complexity index is 912. The molecule has 0 aliphatic heterocycles. The van der Waals surface area contributed by atoms with Gasteiger partial charge >= 0.3 is 0 Å². The third kappa shape index (κ3) is 4.17. The van der Waals surface area contributed by atoms with Crippen molar-refractivity contribution >= 4 is 29.1 Å². The molecule has 0 N–H and O–H groups in total. The van der Waals surface area contributed by atoms with Crippen molar-refractivity contribution < 1.29 is 18.7 Å². The predicted octanol–water partition coefficient (Wildman–Crippen LogP) is 4.38. The maximum Gasteiger partial charge on any atom is 0.277 e. The summed E-state index contributed by atoms with van der Waals surface area (Å²) < 4.78 is 16.0. The molecule has 0 spiro atoms. The van der Waals surface area contributed by atoms with Gasteiger partial charge in [0.2, 0.25) is 0 Å². The number of carbonyl (C=O) groups excluding carboxylic acids is 1. The Morgan fingerprint density at radius 3 is 2.58 bits per heavy atom. The Balaban J connectivity index is 1.69. The summed E-state index contributed by atoms with van der Waals surface area (Å²) in [6.07, 6.45) is 0. The standard InChI is InChI=1S/C18H15ClN2O4S/c1-23-13-6-3-11(4-7-13)15(22)10-26-18-21-20-17(25-18)14-9-12(19)5-8-16(14)24-2/h3-9H,10H2,1-2H3. The normalized spacial score (nSPS) is 10.6. The molecule has 3 rings (SSSR count). The number of nitrogens with zero attached hydrogens (tertiary/aromatic N) is 2. The van der Waals surface area contributed by atoms with E-state index in [1.54, 1.807) is 56.7 Å². The van der Waals surface area contributed by atoms with Crippen LogP contribution in [-0.2, 0) is 0 Å². The van der Waals surface area contributed by atoms with Crippen molar-refractivity contribution in [3.05, 3.63) is 53.1 Å². The lowest BCUT2D eigenvalue weighted by atomic mass is 10.1. The summed E-state index contributed by atoms with van der Waals surface area (Å²) in [7, 11) is 3.13. The van der Waals surface area contributed by atoms with E-state index in [0.29, 0.717) is 32.9 Å². The van der Waals surface area contributed by atoms with E-state index >= 15 is 0 Å². The first-order valence-electron chi connectivity index (χ1n) is 7.58. The molecule has 0 fully saturated rings. The number of aromatic nitrogens is 2. The van der Waals surface area contributed by atoms with Crippen LogP contribution in [0.5, 0.6) is 11.5 Å². The van der Waals surface area contributed by atoms with Crippen LogP contribution in [0, 0.1) is 0 Å². The van der Waals surface area contributed by atoms with Gasteiger partial charge in [-0.05, 0) is 42.5 Å². The van der Waals surface area contributed by atoms with Crippen molar-refractivity contribution in [1.29, 1.82) is 0 Å². The molecule has 134 valence electrons. The largest absolute Gasteiger partial charge is 0.497 e. The fraction of sp³-hybridized carbons (Fsp3) is 0.167. The molecule has 6 nitrogen and oxygen atoms in total. The van der Waals surface area contributed by atoms with E-state index < -0.39 is 0 Å². The SMILES string of the molecule is COc1ccc(C(=O)CSc2nnc(-c3cc(Cl)ccc3OC)o2)cc1. The summed E-state index contributed by atoms with van der Waals surface area (Å²) in [5.41, 5.74) is 1.19. The van der Waals surface area contributed by atoms with Crippen LogP contribution >= 0.6 is 23.4 Å². The third-order valence-corrected chi connectivity index (χ3v) is 4.59. The highest BCUT2D eigenvalue weighted by atomic mass is 35.5. The average Bonchev–Trinajstić information content (AvgIpc) is 3.15. The van der Waals surface area contributed by atoms with Crippen molar-refractivity contribution in [3.8, 4) is 23.0 Å². The molecule has 8 heteroatoms. The lowest BCUT2D eigenvalue weighted by Gasteiger charge is -2.04. The number of ether oxygens (including phenoxy) is 2. The van der Waals surface area contributed by atoms with Gasteiger partial charge in [0.15, 0.2) is 5.78 Å². The molecule has 0 amide bonds. The molecular formula is C18H15ClN2O4S. The van der Waals surface area contributed by atoms with E-state index in [4.69, 9.17) is 25.5 Å². The molecule has 0 aliphatic carbocycles. The van der Waals surface area contributed by atoms with Crippen molar-refractivity contribution in [2.45, 2.75) is 5.22 Å². The molecule has 0 bridgehead atoms. The van der Waals surface area contributed by atoms with Crippen molar-refractivity contribution in [2.75, 3.05) is 20.0 Å². The Kier molecular flexibility index (Phi) is 5.80. The second-order valence-corrected chi connectivity index (χ2v) is 6.52. The lowest BCUT2D eigenvalue weighted by Crippen LogP contribution is -2.02. The summed E-state index contributed by atoms with van der Waals surface area (Å²) in [4.78, 5) is 12.3. The molecule has 1 aromatic heterocycles. The molecule has 0 radical (unpaired) electrons. The molecule has 26 heavy (non-hydrogen) atoms. The minimum Gasteiger partial charge on any atom is -0.497 e. The zero-order valence-electron chi connectivity index (χ0n) is 14.1. The number of ketones is 1. The molecule has 3 aromatic rings. The molecule has 0 atom stereocenters. The second kappa shape index (κ2) is 8.25. The summed E-state index contributed by atoms with van der Waals surface area (Å²) in [6, 6.07) is 12.0. The van der Waals surface area contributed by atoms with Crippen LogP contribution in [-0.4, -0.2) is 36.0 Å². The quantitative estimate of drug-likeness (QED) is 0.437. The number of benzene rings is 2. The molecular weight excluding hydrogens is 376 g/mol. The van der Waals surface area contributed by atoms with Gasteiger partial charge in [-0.2, -0.15) is 0 Å². The number of rotatable bonds is 7. The van der Waals surface area contributed by atoms with Gasteiger partial charge in [0, 0.05) is 10.6 Å². The number of methoxy groups -OCH3 is 2. The van der Waals surface area contributed by atoms with E-state index in [1.807, 2.05) is 0 Å².